The van der Waals surface area contributed by atoms with Crippen molar-refractivity contribution in [2.75, 3.05) is 12.4 Å². The molecule has 2 aromatic rings. The molecule has 0 spiro atoms. The second-order valence-electron chi connectivity index (χ2n) is 4.25. The number of nitriles is 1. The van der Waals surface area contributed by atoms with E-state index in [0.717, 1.165) is 12.2 Å². The Bertz CT molecular complexity index is 687. The first-order valence-electron chi connectivity index (χ1n) is 6.65. The first-order chi connectivity index (χ1) is 10.2. The van der Waals surface area contributed by atoms with Crippen molar-refractivity contribution in [3.63, 3.8) is 0 Å². The normalized spacial score (nSPS) is 10.3. The van der Waals surface area contributed by atoms with Gasteiger partial charge < -0.3 is 4.74 Å². The molecule has 1 N–H and O–H groups in total. The molecule has 1 aromatic heterocycles. The monoisotopic (exact) mass is 304 g/mol. The molecule has 1 aromatic carbocycles. The Morgan fingerprint density at radius 2 is 2.38 bits per heavy atom. The number of benzene rings is 1. The zero-order valence-corrected chi connectivity index (χ0v) is 12.5. The molecule has 0 atom stereocenters. The van der Waals surface area contributed by atoms with Crippen molar-refractivity contribution in [3.05, 3.63) is 40.3 Å². The van der Waals surface area contributed by atoms with Gasteiger partial charge in [-0.2, -0.15) is 5.26 Å². The van der Waals surface area contributed by atoms with Crippen LogP contribution in [0.25, 0.3) is 0 Å². The van der Waals surface area contributed by atoms with Gasteiger partial charge in [0.1, 0.15) is 5.75 Å². The quantitative estimate of drug-likeness (QED) is 0.625. The van der Waals surface area contributed by atoms with Gasteiger partial charge in [-0.1, -0.05) is 17.8 Å². The van der Waals surface area contributed by atoms with Crippen LogP contribution in [0.2, 0.25) is 0 Å². The summed E-state index contributed by atoms with van der Waals surface area (Å²) < 4.78 is 7.19. The minimum absolute atomic E-state index is 0.176. The van der Waals surface area contributed by atoms with Crippen LogP contribution in [0.4, 0.5) is 0 Å². The van der Waals surface area contributed by atoms with Gasteiger partial charge >= 0.3 is 5.69 Å². The number of hydrogen-bond acceptors (Lipinski definition) is 5. The maximum absolute atomic E-state index is 11.4. The van der Waals surface area contributed by atoms with Crippen LogP contribution in [0.15, 0.2) is 34.2 Å². The molecule has 0 radical (unpaired) electrons. The number of aromatic nitrogens is 3. The topological polar surface area (TPSA) is 83.7 Å². The lowest BCUT2D eigenvalue weighted by molar-refractivity contribution is 0.318. The lowest BCUT2D eigenvalue weighted by atomic mass is 10.2. The summed E-state index contributed by atoms with van der Waals surface area (Å²) in [4.78, 5) is 11.4. The molecule has 21 heavy (non-hydrogen) atoms. The van der Waals surface area contributed by atoms with Crippen LogP contribution in [0.1, 0.15) is 18.9 Å². The number of thioether (sulfide) groups is 1. The SMILES string of the molecule is CCn1c(SCCCOc2cccc(C#N)c2)n[nH]c1=O. The van der Waals surface area contributed by atoms with Gasteiger partial charge in [0, 0.05) is 12.3 Å². The van der Waals surface area contributed by atoms with Crippen LogP contribution in [0.5, 0.6) is 5.75 Å². The molecule has 7 heteroatoms. The fraction of sp³-hybridized carbons (Fsp3) is 0.357. The maximum atomic E-state index is 11.4. The Balaban J connectivity index is 1.75. The Morgan fingerprint density at radius 1 is 1.52 bits per heavy atom. The van der Waals surface area contributed by atoms with E-state index in [-0.39, 0.29) is 5.69 Å². The summed E-state index contributed by atoms with van der Waals surface area (Å²) in [5, 5.41) is 15.9. The van der Waals surface area contributed by atoms with Crippen LogP contribution in [-0.2, 0) is 6.54 Å². The highest BCUT2D eigenvalue weighted by Crippen LogP contribution is 2.16. The number of ether oxygens (including phenoxy) is 1. The van der Waals surface area contributed by atoms with Crippen molar-refractivity contribution in [1.29, 1.82) is 5.26 Å². The second kappa shape index (κ2) is 7.55. The summed E-state index contributed by atoms with van der Waals surface area (Å²) in [6, 6.07) is 9.16. The number of nitrogens with one attached hydrogen (secondary N) is 1. The summed E-state index contributed by atoms with van der Waals surface area (Å²) in [6.07, 6.45) is 0.826. The Kier molecular flexibility index (Phi) is 5.46. The first-order valence-corrected chi connectivity index (χ1v) is 7.64. The zero-order chi connectivity index (χ0) is 15.1. The van der Waals surface area contributed by atoms with Gasteiger partial charge in [-0.05, 0) is 31.5 Å². The number of rotatable bonds is 7. The third-order valence-electron chi connectivity index (χ3n) is 2.79. The van der Waals surface area contributed by atoms with Crippen LogP contribution >= 0.6 is 11.8 Å². The number of aromatic amines is 1. The predicted octanol–water partition coefficient (Wildman–Crippen LogP) is 2.02. The molecule has 110 valence electrons. The molecular weight excluding hydrogens is 288 g/mol. The second-order valence-corrected chi connectivity index (χ2v) is 5.31. The average Bonchev–Trinajstić information content (AvgIpc) is 2.87. The van der Waals surface area contributed by atoms with Crippen molar-refractivity contribution < 1.29 is 4.74 Å². The van der Waals surface area contributed by atoms with Crippen LogP contribution < -0.4 is 10.4 Å². The summed E-state index contributed by atoms with van der Waals surface area (Å²) in [7, 11) is 0. The minimum Gasteiger partial charge on any atom is -0.494 e. The molecule has 6 nitrogen and oxygen atoms in total. The van der Waals surface area contributed by atoms with Crippen LogP contribution in [0.3, 0.4) is 0 Å². The lowest BCUT2D eigenvalue weighted by Crippen LogP contribution is -2.16. The van der Waals surface area contributed by atoms with E-state index >= 15 is 0 Å². The van der Waals surface area contributed by atoms with Gasteiger partial charge in [-0.3, -0.25) is 4.57 Å². The van der Waals surface area contributed by atoms with Gasteiger partial charge in [0.05, 0.1) is 18.2 Å². The third-order valence-corrected chi connectivity index (χ3v) is 3.85. The fourth-order valence-corrected chi connectivity index (χ4v) is 2.68. The average molecular weight is 304 g/mol. The van der Waals surface area contributed by atoms with Gasteiger partial charge in [-0.25, -0.2) is 9.89 Å². The minimum atomic E-state index is -0.176. The number of nitrogens with zero attached hydrogens (tertiary/aromatic N) is 3. The zero-order valence-electron chi connectivity index (χ0n) is 11.7. The van der Waals surface area contributed by atoms with E-state index in [1.165, 1.54) is 11.8 Å². The lowest BCUT2D eigenvalue weighted by Gasteiger charge is -2.06. The van der Waals surface area contributed by atoms with E-state index < -0.39 is 0 Å². The molecule has 0 aliphatic heterocycles. The molecular formula is C14H16N4O2S. The molecule has 0 amide bonds. The smallest absolute Gasteiger partial charge is 0.343 e. The van der Waals surface area contributed by atoms with Gasteiger partial charge in [0.2, 0.25) is 0 Å². The molecule has 0 aliphatic carbocycles. The van der Waals surface area contributed by atoms with E-state index in [9.17, 15) is 4.79 Å². The van der Waals surface area contributed by atoms with E-state index in [0.29, 0.717) is 29.6 Å². The van der Waals surface area contributed by atoms with Gasteiger partial charge in [0.25, 0.3) is 0 Å². The van der Waals surface area contributed by atoms with Gasteiger partial charge in [-0.15, -0.1) is 5.10 Å². The van der Waals surface area contributed by atoms with Crippen molar-refractivity contribution in [3.8, 4) is 11.8 Å². The summed E-state index contributed by atoms with van der Waals surface area (Å²) in [6.45, 7) is 3.07. The van der Waals surface area contributed by atoms with Gasteiger partial charge in [0.15, 0.2) is 5.16 Å². The Labute approximate surface area is 126 Å². The highest BCUT2D eigenvalue weighted by molar-refractivity contribution is 7.99. The molecule has 1 heterocycles. The molecule has 2 rings (SSSR count). The van der Waals surface area contributed by atoms with Crippen molar-refractivity contribution in [2.45, 2.75) is 25.0 Å². The Morgan fingerprint density at radius 3 is 3.14 bits per heavy atom. The van der Waals surface area contributed by atoms with Crippen molar-refractivity contribution >= 4 is 11.8 Å². The molecule has 0 bridgehead atoms. The molecule has 0 aliphatic rings. The predicted molar refractivity (Wildman–Crippen MR) is 80.5 cm³/mol. The summed E-state index contributed by atoms with van der Waals surface area (Å²) in [5.41, 5.74) is 0.412. The van der Waals surface area contributed by atoms with Crippen LogP contribution in [0, 0.1) is 11.3 Å². The highest BCUT2D eigenvalue weighted by Gasteiger charge is 2.06. The first kappa shape index (κ1) is 15.2. The number of H-pyrrole nitrogens is 1. The standard InChI is InChI=1S/C14H16N4O2S/c1-2-18-13(19)16-17-14(18)21-8-4-7-20-12-6-3-5-11(9-12)10-15/h3,5-6,9H,2,4,7-8H2,1H3,(H,16,19). The molecule has 0 fully saturated rings. The molecule has 0 saturated heterocycles. The summed E-state index contributed by atoms with van der Waals surface area (Å²) >= 11 is 1.52. The molecule has 0 unspecified atom stereocenters. The Hall–Kier alpha value is -2.20. The largest absolute Gasteiger partial charge is 0.494 e. The fourth-order valence-electron chi connectivity index (χ4n) is 1.76. The number of hydrogen-bond donors (Lipinski definition) is 1. The van der Waals surface area contributed by atoms with Crippen molar-refractivity contribution in [2.24, 2.45) is 0 Å². The van der Waals surface area contributed by atoms with E-state index in [1.54, 1.807) is 22.8 Å². The highest BCUT2D eigenvalue weighted by atomic mass is 32.2. The maximum Gasteiger partial charge on any atom is 0.343 e. The third kappa shape index (κ3) is 4.13. The summed E-state index contributed by atoms with van der Waals surface area (Å²) in [5.74, 6) is 1.51. The van der Waals surface area contributed by atoms with E-state index in [1.807, 2.05) is 13.0 Å². The van der Waals surface area contributed by atoms with Crippen LogP contribution in [-0.4, -0.2) is 27.1 Å². The van der Waals surface area contributed by atoms with E-state index in [2.05, 4.69) is 16.3 Å². The molecule has 0 saturated carbocycles. The van der Waals surface area contributed by atoms with Crippen molar-refractivity contribution in [1.82, 2.24) is 14.8 Å². The van der Waals surface area contributed by atoms with E-state index in [4.69, 9.17) is 10.00 Å².